The number of hydrogen-bond acceptors (Lipinski definition) is 7. The highest BCUT2D eigenvalue weighted by atomic mass is 35.5. The first kappa shape index (κ1) is 16.0. The Balaban J connectivity index is 1.82. The first-order valence-electron chi connectivity index (χ1n) is 6.54. The van der Waals surface area contributed by atoms with Crippen LogP contribution in [0.25, 0.3) is 10.2 Å². The molecule has 1 aromatic carbocycles. The molecule has 1 N–H and O–H groups in total. The predicted molar refractivity (Wildman–Crippen MR) is 94.6 cm³/mol. The van der Waals surface area contributed by atoms with Gasteiger partial charge in [0.2, 0.25) is 5.82 Å². The van der Waals surface area contributed by atoms with E-state index >= 15 is 0 Å². The lowest BCUT2D eigenvalue weighted by molar-refractivity contribution is -0.384. The van der Waals surface area contributed by atoms with Crippen molar-refractivity contribution in [1.82, 2.24) is 9.97 Å². The van der Waals surface area contributed by atoms with Crippen LogP contribution in [-0.2, 0) is 6.54 Å². The molecule has 0 saturated heterocycles. The van der Waals surface area contributed by atoms with Crippen LogP contribution in [0.5, 0.6) is 0 Å². The van der Waals surface area contributed by atoms with Crippen molar-refractivity contribution in [2.75, 3.05) is 11.6 Å². The highest BCUT2D eigenvalue weighted by Crippen LogP contribution is 2.29. The summed E-state index contributed by atoms with van der Waals surface area (Å²) in [5, 5.41) is 14.3. The molecule has 0 radical (unpaired) electrons. The number of aromatic nitrogens is 2. The second-order valence-electron chi connectivity index (χ2n) is 4.62. The van der Waals surface area contributed by atoms with Crippen LogP contribution in [0.3, 0.4) is 0 Å². The Morgan fingerprint density at radius 2 is 2.26 bits per heavy atom. The summed E-state index contributed by atoms with van der Waals surface area (Å²) in [6, 6.07) is 7.21. The van der Waals surface area contributed by atoms with Crippen molar-refractivity contribution in [1.29, 1.82) is 0 Å². The normalized spacial score (nSPS) is 10.9. The molecule has 118 valence electrons. The molecule has 0 fully saturated rings. The Labute approximate surface area is 145 Å². The SMILES string of the molecule is CSc1nc2ccc(CNc3ncc(Cl)cc3[N+](=O)[O-])cc2s1. The third kappa shape index (κ3) is 3.54. The van der Waals surface area contributed by atoms with Crippen molar-refractivity contribution in [3.8, 4) is 0 Å². The zero-order valence-corrected chi connectivity index (χ0v) is 14.3. The van der Waals surface area contributed by atoms with Gasteiger partial charge in [-0.3, -0.25) is 10.1 Å². The number of anilines is 1. The number of pyridine rings is 1. The molecule has 0 unspecified atom stereocenters. The van der Waals surface area contributed by atoms with Crippen molar-refractivity contribution < 1.29 is 4.92 Å². The van der Waals surface area contributed by atoms with Crippen LogP contribution < -0.4 is 5.32 Å². The lowest BCUT2D eigenvalue weighted by Gasteiger charge is -2.06. The Morgan fingerprint density at radius 3 is 3.00 bits per heavy atom. The van der Waals surface area contributed by atoms with Gasteiger partial charge >= 0.3 is 5.69 Å². The molecule has 0 amide bonds. The molecule has 2 heterocycles. The van der Waals surface area contributed by atoms with Gasteiger partial charge in [-0.05, 0) is 24.0 Å². The molecule has 0 bridgehead atoms. The average molecular weight is 367 g/mol. The van der Waals surface area contributed by atoms with E-state index in [4.69, 9.17) is 11.6 Å². The van der Waals surface area contributed by atoms with Crippen LogP contribution >= 0.6 is 34.7 Å². The summed E-state index contributed by atoms with van der Waals surface area (Å²) in [7, 11) is 0. The Morgan fingerprint density at radius 1 is 1.43 bits per heavy atom. The van der Waals surface area contributed by atoms with E-state index in [1.165, 1.54) is 12.3 Å². The molecule has 6 nitrogen and oxygen atoms in total. The number of rotatable bonds is 5. The largest absolute Gasteiger partial charge is 0.360 e. The number of nitro groups is 1. The van der Waals surface area contributed by atoms with Gasteiger partial charge in [-0.2, -0.15) is 0 Å². The van der Waals surface area contributed by atoms with E-state index in [0.717, 1.165) is 20.1 Å². The maximum Gasteiger partial charge on any atom is 0.312 e. The third-order valence-electron chi connectivity index (χ3n) is 3.10. The molecule has 0 atom stereocenters. The fraction of sp³-hybridized carbons (Fsp3) is 0.143. The standard InChI is InChI=1S/C14H11ClN4O2S2/c1-22-14-18-10-3-2-8(4-12(10)23-14)6-16-13-11(19(20)21)5-9(15)7-17-13/h2-5,7H,6H2,1H3,(H,16,17). The minimum absolute atomic E-state index is 0.138. The topological polar surface area (TPSA) is 81.0 Å². The summed E-state index contributed by atoms with van der Waals surface area (Å²) < 4.78 is 2.10. The number of halogens is 1. The van der Waals surface area contributed by atoms with Crippen LogP contribution in [0.1, 0.15) is 5.56 Å². The maximum atomic E-state index is 11.1. The van der Waals surface area contributed by atoms with Crippen molar-refractivity contribution in [3.05, 3.63) is 51.2 Å². The molecule has 0 aliphatic heterocycles. The highest BCUT2D eigenvalue weighted by molar-refractivity contribution is 8.00. The monoisotopic (exact) mass is 366 g/mol. The van der Waals surface area contributed by atoms with E-state index in [0.29, 0.717) is 6.54 Å². The van der Waals surface area contributed by atoms with E-state index in [9.17, 15) is 10.1 Å². The average Bonchev–Trinajstić information content (AvgIpc) is 2.95. The molecule has 3 aromatic rings. The zero-order valence-electron chi connectivity index (χ0n) is 11.9. The van der Waals surface area contributed by atoms with Gasteiger partial charge in [0.25, 0.3) is 0 Å². The Kier molecular flexibility index (Phi) is 4.65. The molecule has 0 saturated carbocycles. The molecule has 0 aliphatic rings. The summed E-state index contributed by atoms with van der Waals surface area (Å²) >= 11 is 8.99. The predicted octanol–water partition coefficient (Wildman–Crippen LogP) is 4.59. The van der Waals surface area contributed by atoms with Gasteiger partial charge in [0.1, 0.15) is 0 Å². The van der Waals surface area contributed by atoms with Gasteiger partial charge in [-0.1, -0.05) is 29.4 Å². The van der Waals surface area contributed by atoms with Crippen molar-refractivity contribution in [2.45, 2.75) is 10.9 Å². The molecular formula is C14H11ClN4O2S2. The number of thiazole rings is 1. The van der Waals surface area contributed by atoms with Gasteiger partial charge in [-0.25, -0.2) is 9.97 Å². The second-order valence-corrected chi connectivity index (χ2v) is 7.14. The van der Waals surface area contributed by atoms with Gasteiger partial charge in [0, 0.05) is 18.8 Å². The third-order valence-corrected chi connectivity index (χ3v) is 5.31. The van der Waals surface area contributed by atoms with Crippen LogP contribution in [0.2, 0.25) is 5.02 Å². The van der Waals surface area contributed by atoms with Crippen LogP contribution in [-0.4, -0.2) is 21.1 Å². The molecule has 9 heteroatoms. The number of benzene rings is 1. The Bertz CT molecular complexity index is 884. The zero-order chi connectivity index (χ0) is 16.4. The van der Waals surface area contributed by atoms with Crippen molar-refractivity contribution in [2.24, 2.45) is 0 Å². The maximum absolute atomic E-state index is 11.1. The number of nitrogens with one attached hydrogen (secondary N) is 1. The first-order valence-corrected chi connectivity index (χ1v) is 8.96. The number of hydrogen-bond donors (Lipinski definition) is 1. The number of nitrogens with zero attached hydrogens (tertiary/aromatic N) is 3. The second kappa shape index (κ2) is 6.69. The molecule has 0 spiro atoms. The van der Waals surface area contributed by atoms with Gasteiger partial charge in [0.15, 0.2) is 4.34 Å². The Hall–Kier alpha value is -1.90. The lowest BCUT2D eigenvalue weighted by Crippen LogP contribution is -2.04. The summed E-state index contributed by atoms with van der Waals surface area (Å²) in [6.07, 6.45) is 3.37. The fourth-order valence-electron chi connectivity index (χ4n) is 2.03. The summed E-state index contributed by atoms with van der Waals surface area (Å²) in [6.45, 7) is 0.428. The number of fused-ring (bicyclic) bond motifs is 1. The summed E-state index contributed by atoms with van der Waals surface area (Å²) in [5.41, 5.74) is 1.82. The van der Waals surface area contributed by atoms with E-state index in [2.05, 4.69) is 15.3 Å². The van der Waals surface area contributed by atoms with Gasteiger partial charge in [-0.15, -0.1) is 11.3 Å². The van der Waals surface area contributed by atoms with Crippen molar-refractivity contribution in [3.63, 3.8) is 0 Å². The fourth-order valence-corrected chi connectivity index (χ4v) is 3.74. The quantitative estimate of drug-likeness (QED) is 0.404. The summed E-state index contributed by atoms with van der Waals surface area (Å²) in [4.78, 5) is 19.0. The van der Waals surface area contributed by atoms with E-state index in [1.54, 1.807) is 23.1 Å². The van der Waals surface area contributed by atoms with E-state index in [1.807, 2.05) is 24.5 Å². The van der Waals surface area contributed by atoms with Crippen LogP contribution in [0, 0.1) is 10.1 Å². The minimum atomic E-state index is -0.502. The highest BCUT2D eigenvalue weighted by Gasteiger charge is 2.15. The van der Waals surface area contributed by atoms with Crippen molar-refractivity contribution >= 4 is 56.4 Å². The smallest absolute Gasteiger partial charge is 0.312 e. The molecule has 2 aromatic heterocycles. The van der Waals surface area contributed by atoms with Crippen LogP contribution in [0.4, 0.5) is 11.5 Å². The minimum Gasteiger partial charge on any atom is -0.360 e. The summed E-state index contributed by atoms with van der Waals surface area (Å²) in [5.74, 6) is 0.202. The van der Waals surface area contributed by atoms with Gasteiger partial charge in [0.05, 0.1) is 20.2 Å². The lowest BCUT2D eigenvalue weighted by atomic mass is 10.2. The van der Waals surface area contributed by atoms with Crippen LogP contribution in [0.15, 0.2) is 34.8 Å². The van der Waals surface area contributed by atoms with E-state index in [-0.39, 0.29) is 16.5 Å². The molecule has 0 aliphatic carbocycles. The van der Waals surface area contributed by atoms with E-state index < -0.39 is 4.92 Å². The molecule has 23 heavy (non-hydrogen) atoms. The van der Waals surface area contributed by atoms with Gasteiger partial charge < -0.3 is 5.32 Å². The first-order chi connectivity index (χ1) is 11.1. The molecule has 3 rings (SSSR count). The molecular weight excluding hydrogens is 356 g/mol. The number of thioether (sulfide) groups is 1.